The van der Waals surface area contributed by atoms with Crippen LogP contribution in [0.25, 0.3) is 11.3 Å². The van der Waals surface area contributed by atoms with E-state index in [2.05, 4.69) is 25.6 Å². The third kappa shape index (κ3) is 5.90. The van der Waals surface area contributed by atoms with E-state index in [1.165, 1.54) is 38.8 Å². The molecule has 0 aromatic carbocycles. The molecule has 0 saturated heterocycles. The molecule has 1 atom stereocenters. The van der Waals surface area contributed by atoms with Crippen LogP contribution in [0.4, 0.5) is 24.7 Å². The van der Waals surface area contributed by atoms with Crippen LogP contribution in [0.3, 0.4) is 0 Å². The lowest BCUT2D eigenvalue weighted by Crippen LogP contribution is -2.42. The second kappa shape index (κ2) is 9.17. The molecule has 1 aliphatic rings. The molecule has 2 N–H and O–H groups in total. The summed E-state index contributed by atoms with van der Waals surface area (Å²) in [5, 5.41) is 14.5. The van der Waals surface area contributed by atoms with Gasteiger partial charge in [-0.05, 0) is 18.9 Å². The number of carbonyl (C=O) groups excluding carboxylic acids is 2. The van der Waals surface area contributed by atoms with Crippen molar-refractivity contribution in [3.05, 3.63) is 30.4 Å². The predicted molar refractivity (Wildman–Crippen MR) is 108 cm³/mol. The number of carbonyl (C=O) groups is 2. The maximum absolute atomic E-state index is 13.0. The normalized spacial score (nSPS) is 14.2. The lowest BCUT2D eigenvalue weighted by atomic mass is 10.1. The van der Waals surface area contributed by atoms with Gasteiger partial charge in [-0.15, -0.1) is 0 Å². The molecule has 0 radical (unpaired) electrons. The first-order valence-corrected chi connectivity index (χ1v) is 9.65. The van der Waals surface area contributed by atoms with Gasteiger partial charge in [-0.1, -0.05) is 0 Å². The van der Waals surface area contributed by atoms with E-state index in [-0.39, 0.29) is 29.0 Å². The molecule has 0 spiro atoms. The number of rotatable bonds is 7. The van der Waals surface area contributed by atoms with Crippen molar-refractivity contribution in [3.8, 4) is 17.3 Å². The van der Waals surface area contributed by atoms with E-state index in [1.807, 2.05) is 0 Å². The maximum Gasteiger partial charge on any atom is 0.391 e. The molecule has 12 heteroatoms. The van der Waals surface area contributed by atoms with E-state index < -0.39 is 24.5 Å². The van der Waals surface area contributed by atoms with E-state index in [9.17, 15) is 28.0 Å². The SMILES string of the molecule is CN(C)C(=O)C(CC(F)(F)F)Nc1cc(-c2cnc(NC(=O)C3CC3)cn2)cnc1C#N. The van der Waals surface area contributed by atoms with Crippen molar-refractivity contribution in [1.82, 2.24) is 19.9 Å². The smallest absolute Gasteiger partial charge is 0.371 e. The first-order valence-electron chi connectivity index (χ1n) is 9.65. The minimum atomic E-state index is -4.60. The van der Waals surface area contributed by atoms with Crippen LogP contribution in [0.5, 0.6) is 0 Å². The zero-order chi connectivity index (χ0) is 23.5. The van der Waals surface area contributed by atoms with Crippen LogP contribution in [0, 0.1) is 17.2 Å². The zero-order valence-electron chi connectivity index (χ0n) is 17.3. The fourth-order valence-electron chi connectivity index (χ4n) is 2.85. The number of nitrogens with one attached hydrogen (secondary N) is 2. The number of halogens is 3. The summed E-state index contributed by atoms with van der Waals surface area (Å²) in [5.74, 6) is -0.651. The highest BCUT2D eigenvalue weighted by Crippen LogP contribution is 2.30. The van der Waals surface area contributed by atoms with Gasteiger partial charge in [-0.3, -0.25) is 14.6 Å². The average Bonchev–Trinajstić information content (AvgIpc) is 3.57. The second-order valence-corrected chi connectivity index (χ2v) is 7.53. The Hall–Kier alpha value is -3.75. The second-order valence-electron chi connectivity index (χ2n) is 7.53. The largest absolute Gasteiger partial charge is 0.391 e. The minimum absolute atomic E-state index is 0.00218. The molecule has 3 rings (SSSR count). The number of amides is 2. The summed E-state index contributed by atoms with van der Waals surface area (Å²) < 4.78 is 39.0. The summed E-state index contributed by atoms with van der Waals surface area (Å²) in [6, 6.07) is 1.54. The molecule has 2 aromatic heterocycles. The number of aromatic nitrogens is 3. The number of nitrogens with zero attached hydrogens (tertiary/aromatic N) is 5. The van der Waals surface area contributed by atoms with Gasteiger partial charge in [-0.25, -0.2) is 9.97 Å². The van der Waals surface area contributed by atoms with Crippen molar-refractivity contribution in [1.29, 1.82) is 5.26 Å². The average molecular weight is 447 g/mol. The van der Waals surface area contributed by atoms with Gasteiger partial charge in [0.2, 0.25) is 11.8 Å². The van der Waals surface area contributed by atoms with Crippen molar-refractivity contribution >= 4 is 23.3 Å². The maximum atomic E-state index is 13.0. The highest BCUT2D eigenvalue weighted by atomic mass is 19.4. The van der Waals surface area contributed by atoms with E-state index in [4.69, 9.17) is 0 Å². The Balaban J connectivity index is 1.84. The molecule has 2 amide bonds. The molecule has 1 unspecified atom stereocenters. The monoisotopic (exact) mass is 447 g/mol. The molecule has 1 fully saturated rings. The first-order chi connectivity index (χ1) is 15.1. The third-order valence-electron chi connectivity index (χ3n) is 4.64. The van der Waals surface area contributed by atoms with E-state index in [0.717, 1.165) is 17.7 Å². The Kier molecular flexibility index (Phi) is 6.57. The summed E-state index contributed by atoms with van der Waals surface area (Å²) in [6.45, 7) is 0. The number of likely N-dealkylation sites (N-methyl/N-ethyl adjacent to an activating group) is 1. The van der Waals surface area contributed by atoms with Gasteiger partial charge in [0.25, 0.3) is 0 Å². The summed E-state index contributed by atoms with van der Waals surface area (Å²) in [6.07, 6.45) is -0.299. The van der Waals surface area contributed by atoms with Gasteiger partial charge in [0.15, 0.2) is 11.5 Å². The molecule has 1 saturated carbocycles. The van der Waals surface area contributed by atoms with E-state index in [0.29, 0.717) is 11.3 Å². The number of pyridine rings is 1. The molecule has 9 nitrogen and oxygen atoms in total. The van der Waals surface area contributed by atoms with Crippen LogP contribution in [0.2, 0.25) is 0 Å². The standard InChI is InChI=1S/C20H20F3N7O2/c1-30(2)19(32)14(6-20(21,22)23)28-13-5-12(8-25-15(13)7-24)16-9-27-17(10-26-16)29-18(31)11-3-4-11/h5,8-11,14,28H,3-4,6H2,1-2H3,(H,27,29,31). The molecule has 1 aliphatic carbocycles. The highest BCUT2D eigenvalue weighted by Gasteiger charge is 2.36. The van der Waals surface area contributed by atoms with Crippen LogP contribution >= 0.6 is 0 Å². The van der Waals surface area contributed by atoms with Gasteiger partial charge in [0, 0.05) is 31.8 Å². The van der Waals surface area contributed by atoms with Crippen molar-refractivity contribution in [2.24, 2.45) is 5.92 Å². The number of anilines is 2. The van der Waals surface area contributed by atoms with Crippen LogP contribution in [-0.4, -0.2) is 58.0 Å². The Bertz CT molecular complexity index is 1040. The van der Waals surface area contributed by atoms with Gasteiger partial charge in [0.1, 0.15) is 12.1 Å². The number of alkyl halides is 3. The zero-order valence-corrected chi connectivity index (χ0v) is 17.3. The number of hydrogen-bond donors (Lipinski definition) is 2. The molecule has 168 valence electrons. The number of hydrogen-bond acceptors (Lipinski definition) is 7. The minimum Gasteiger partial charge on any atom is -0.371 e. The molecule has 2 heterocycles. The summed E-state index contributed by atoms with van der Waals surface area (Å²) in [4.78, 5) is 37.4. The lowest BCUT2D eigenvalue weighted by Gasteiger charge is -2.24. The Morgan fingerprint density at radius 1 is 1.22 bits per heavy atom. The van der Waals surface area contributed by atoms with Gasteiger partial charge >= 0.3 is 6.18 Å². The Morgan fingerprint density at radius 2 is 1.94 bits per heavy atom. The van der Waals surface area contributed by atoms with Gasteiger partial charge < -0.3 is 15.5 Å². The summed E-state index contributed by atoms with van der Waals surface area (Å²) >= 11 is 0. The van der Waals surface area contributed by atoms with Gasteiger partial charge in [-0.2, -0.15) is 18.4 Å². The van der Waals surface area contributed by atoms with Crippen LogP contribution < -0.4 is 10.6 Å². The number of nitriles is 1. The van der Waals surface area contributed by atoms with E-state index >= 15 is 0 Å². The van der Waals surface area contributed by atoms with Gasteiger partial charge in [0.05, 0.1) is 30.2 Å². The van der Waals surface area contributed by atoms with Crippen LogP contribution in [0.15, 0.2) is 24.7 Å². The Morgan fingerprint density at radius 3 is 2.47 bits per heavy atom. The Labute approximate surface area is 181 Å². The lowest BCUT2D eigenvalue weighted by molar-refractivity contribution is -0.149. The molecular formula is C20H20F3N7O2. The van der Waals surface area contributed by atoms with E-state index in [1.54, 1.807) is 6.07 Å². The third-order valence-corrected chi connectivity index (χ3v) is 4.64. The van der Waals surface area contributed by atoms with Crippen molar-refractivity contribution in [2.75, 3.05) is 24.7 Å². The molecule has 2 aromatic rings. The molecule has 0 aliphatic heterocycles. The van der Waals surface area contributed by atoms with Crippen LogP contribution in [-0.2, 0) is 9.59 Å². The molecule has 0 bridgehead atoms. The molecule has 32 heavy (non-hydrogen) atoms. The van der Waals surface area contributed by atoms with Crippen molar-refractivity contribution in [3.63, 3.8) is 0 Å². The summed E-state index contributed by atoms with van der Waals surface area (Å²) in [5.41, 5.74) is 0.471. The fourth-order valence-corrected chi connectivity index (χ4v) is 2.85. The topological polar surface area (TPSA) is 124 Å². The quantitative estimate of drug-likeness (QED) is 0.669. The highest BCUT2D eigenvalue weighted by molar-refractivity contribution is 5.93. The predicted octanol–water partition coefficient (Wildman–Crippen LogP) is 2.58. The van der Waals surface area contributed by atoms with Crippen molar-refractivity contribution < 1.29 is 22.8 Å². The summed E-state index contributed by atoms with van der Waals surface area (Å²) in [7, 11) is 2.68. The molecular weight excluding hydrogens is 427 g/mol. The van der Waals surface area contributed by atoms with Crippen molar-refractivity contribution in [2.45, 2.75) is 31.5 Å². The fraction of sp³-hybridized carbons (Fsp3) is 0.400. The van der Waals surface area contributed by atoms with Crippen LogP contribution in [0.1, 0.15) is 25.0 Å². The first kappa shape index (κ1) is 22.9.